The van der Waals surface area contributed by atoms with Crippen molar-refractivity contribution >= 4 is 28.9 Å². The molecule has 2 N–H and O–H groups in total. The van der Waals surface area contributed by atoms with Gasteiger partial charge in [0.15, 0.2) is 0 Å². The van der Waals surface area contributed by atoms with Gasteiger partial charge in [-0.1, -0.05) is 11.6 Å². The number of nitro benzene ring substituents is 1. The Morgan fingerprint density at radius 1 is 1.50 bits per heavy atom. The van der Waals surface area contributed by atoms with Crippen molar-refractivity contribution in [1.29, 1.82) is 0 Å². The van der Waals surface area contributed by atoms with E-state index in [1.54, 1.807) is 0 Å². The molecule has 20 heavy (non-hydrogen) atoms. The molecule has 1 rings (SSSR count). The maximum absolute atomic E-state index is 11.2. The zero-order valence-corrected chi connectivity index (χ0v) is 12.0. The van der Waals surface area contributed by atoms with Crippen LogP contribution in [0.25, 0.3) is 0 Å². The van der Waals surface area contributed by atoms with Gasteiger partial charge >= 0.3 is 5.97 Å². The SMILES string of the molecule is CN(C)CCCNc1c(Cl)cc([N+](=O)[O-])cc1C(=O)O. The third-order valence-corrected chi connectivity index (χ3v) is 2.90. The maximum Gasteiger partial charge on any atom is 0.338 e. The zero-order valence-electron chi connectivity index (χ0n) is 11.2. The summed E-state index contributed by atoms with van der Waals surface area (Å²) in [5.41, 5.74) is -0.330. The van der Waals surface area contributed by atoms with Gasteiger partial charge in [0.1, 0.15) is 0 Å². The van der Waals surface area contributed by atoms with Crippen LogP contribution in [0.3, 0.4) is 0 Å². The molecule has 1 aromatic rings. The minimum atomic E-state index is -1.26. The summed E-state index contributed by atoms with van der Waals surface area (Å²) in [6.45, 7) is 1.36. The highest BCUT2D eigenvalue weighted by molar-refractivity contribution is 6.34. The van der Waals surface area contributed by atoms with Gasteiger partial charge in [-0.2, -0.15) is 0 Å². The van der Waals surface area contributed by atoms with Crippen molar-refractivity contribution in [2.24, 2.45) is 0 Å². The summed E-state index contributed by atoms with van der Waals surface area (Å²) in [6, 6.07) is 2.14. The van der Waals surface area contributed by atoms with Crippen molar-refractivity contribution in [3.05, 3.63) is 32.8 Å². The lowest BCUT2D eigenvalue weighted by Gasteiger charge is -2.13. The largest absolute Gasteiger partial charge is 0.478 e. The number of nitrogens with zero attached hydrogens (tertiary/aromatic N) is 2. The number of hydrogen-bond donors (Lipinski definition) is 2. The van der Waals surface area contributed by atoms with Gasteiger partial charge in [0.05, 0.1) is 21.2 Å². The monoisotopic (exact) mass is 301 g/mol. The Morgan fingerprint density at radius 2 is 2.15 bits per heavy atom. The highest BCUT2D eigenvalue weighted by atomic mass is 35.5. The van der Waals surface area contributed by atoms with E-state index in [0.717, 1.165) is 25.1 Å². The van der Waals surface area contributed by atoms with Crippen molar-refractivity contribution in [1.82, 2.24) is 4.90 Å². The maximum atomic E-state index is 11.2. The Bertz CT molecular complexity index is 520. The fourth-order valence-corrected chi connectivity index (χ4v) is 1.94. The van der Waals surface area contributed by atoms with Crippen LogP contribution in [0.15, 0.2) is 12.1 Å². The van der Waals surface area contributed by atoms with Crippen LogP contribution in [0.4, 0.5) is 11.4 Å². The number of nitrogens with one attached hydrogen (secondary N) is 1. The molecule has 0 aliphatic carbocycles. The molecule has 0 saturated heterocycles. The van der Waals surface area contributed by atoms with E-state index in [1.807, 2.05) is 19.0 Å². The van der Waals surface area contributed by atoms with E-state index in [4.69, 9.17) is 16.7 Å². The van der Waals surface area contributed by atoms with Crippen LogP contribution in [-0.2, 0) is 0 Å². The van der Waals surface area contributed by atoms with Gasteiger partial charge in [0.25, 0.3) is 5.69 Å². The molecular weight excluding hydrogens is 286 g/mol. The molecule has 0 unspecified atom stereocenters. The van der Waals surface area contributed by atoms with Crippen LogP contribution in [0.2, 0.25) is 5.02 Å². The molecule has 0 aliphatic heterocycles. The van der Waals surface area contributed by atoms with Crippen molar-refractivity contribution in [2.45, 2.75) is 6.42 Å². The van der Waals surface area contributed by atoms with Gasteiger partial charge in [0, 0.05) is 18.7 Å². The molecule has 1 aromatic carbocycles. The molecule has 0 bridgehead atoms. The molecule has 0 aliphatic rings. The molecule has 0 heterocycles. The summed E-state index contributed by atoms with van der Waals surface area (Å²) < 4.78 is 0. The first-order valence-corrected chi connectivity index (χ1v) is 6.30. The summed E-state index contributed by atoms with van der Waals surface area (Å²) >= 11 is 5.92. The molecule has 110 valence electrons. The summed E-state index contributed by atoms with van der Waals surface area (Å²) in [4.78, 5) is 23.2. The van der Waals surface area contributed by atoms with Crippen LogP contribution < -0.4 is 5.32 Å². The normalized spacial score (nSPS) is 10.6. The number of carbonyl (C=O) groups is 1. The summed E-state index contributed by atoms with van der Waals surface area (Å²) in [6.07, 6.45) is 0.791. The number of non-ortho nitro benzene ring substituents is 1. The summed E-state index contributed by atoms with van der Waals surface area (Å²) in [7, 11) is 3.86. The highest BCUT2D eigenvalue weighted by Gasteiger charge is 2.19. The quantitative estimate of drug-likeness (QED) is 0.456. The van der Waals surface area contributed by atoms with E-state index >= 15 is 0 Å². The Kier molecular flexibility index (Phi) is 5.72. The van der Waals surface area contributed by atoms with E-state index in [1.165, 1.54) is 0 Å². The number of halogens is 1. The van der Waals surface area contributed by atoms with Crippen LogP contribution in [0.1, 0.15) is 16.8 Å². The van der Waals surface area contributed by atoms with Gasteiger partial charge in [-0.05, 0) is 27.1 Å². The van der Waals surface area contributed by atoms with Crippen molar-refractivity contribution in [3.63, 3.8) is 0 Å². The number of nitro groups is 1. The minimum absolute atomic E-state index is 0.0291. The minimum Gasteiger partial charge on any atom is -0.478 e. The molecule has 8 heteroatoms. The van der Waals surface area contributed by atoms with Gasteiger partial charge in [-0.3, -0.25) is 10.1 Å². The standard InChI is InChI=1S/C12H16ClN3O4/c1-15(2)5-3-4-14-11-9(12(17)18)6-8(16(19)20)7-10(11)13/h6-7,14H,3-5H2,1-2H3,(H,17,18). The zero-order chi connectivity index (χ0) is 15.3. The van der Waals surface area contributed by atoms with E-state index in [2.05, 4.69) is 5.32 Å². The van der Waals surface area contributed by atoms with Crippen LogP contribution >= 0.6 is 11.6 Å². The number of anilines is 1. The van der Waals surface area contributed by atoms with Crippen molar-refractivity contribution < 1.29 is 14.8 Å². The fourth-order valence-electron chi connectivity index (χ4n) is 1.65. The average molecular weight is 302 g/mol. The Labute approximate surface area is 121 Å². The Morgan fingerprint density at radius 3 is 2.65 bits per heavy atom. The number of rotatable bonds is 7. The lowest BCUT2D eigenvalue weighted by molar-refractivity contribution is -0.384. The molecule has 0 fully saturated rings. The molecule has 0 saturated carbocycles. The topological polar surface area (TPSA) is 95.7 Å². The molecule has 0 spiro atoms. The van der Waals surface area contributed by atoms with E-state index in [9.17, 15) is 14.9 Å². The second-order valence-electron chi connectivity index (χ2n) is 4.50. The first-order valence-electron chi connectivity index (χ1n) is 5.92. The van der Waals surface area contributed by atoms with Crippen LogP contribution in [0, 0.1) is 10.1 Å². The van der Waals surface area contributed by atoms with Crippen molar-refractivity contribution in [2.75, 3.05) is 32.5 Å². The van der Waals surface area contributed by atoms with E-state index in [0.29, 0.717) is 6.54 Å². The molecule has 0 atom stereocenters. The number of aromatic carboxylic acids is 1. The second-order valence-corrected chi connectivity index (χ2v) is 4.90. The van der Waals surface area contributed by atoms with E-state index in [-0.39, 0.29) is 22.0 Å². The van der Waals surface area contributed by atoms with Gasteiger partial charge in [-0.25, -0.2) is 4.79 Å². The summed E-state index contributed by atoms with van der Waals surface area (Å²) in [5, 5.41) is 22.8. The Balaban J connectivity index is 2.94. The average Bonchev–Trinajstić information content (AvgIpc) is 2.34. The third kappa shape index (κ3) is 4.36. The molecule has 7 nitrogen and oxygen atoms in total. The molecule has 0 radical (unpaired) electrons. The fraction of sp³-hybridized carbons (Fsp3) is 0.417. The molecular formula is C12H16ClN3O4. The predicted octanol–water partition coefficient (Wildman–Crippen LogP) is 2.31. The lowest BCUT2D eigenvalue weighted by atomic mass is 10.1. The lowest BCUT2D eigenvalue weighted by Crippen LogP contribution is -2.17. The second kappa shape index (κ2) is 7.06. The smallest absolute Gasteiger partial charge is 0.338 e. The highest BCUT2D eigenvalue weighted by Crippen LogP contribution is 2.31. The Hall–Kier alpha value is -1.86. The first kappa shape index (κ1) is 16.2. The number of carboxylic acid groups (broad SMARTS) is 1. The summed E-state index contributed by atoms with van der Waals surface area (Å²) in [5.74, 6) is -1.26. The third-order valence-electron chi connectivity index (χ3n) is 2.60. The van der Waals surface area contributed by atoms with Gasteiger partial charge < -0.3 is 15.3 Å². The van der Waals surface area contributed by atoms with Crippen LogP contribution in [0.5, 0.6) is 0 Å². The number of benzene rings is 1. The molecule has 0 amide bonds. The van der Waals surface area contributed by atoms with E-state index < -0.39 is 10.9 Å². The first-order chi connectivity index (χ1) is 9.32. The van der Waals surface area contributed by atoms with Crippen molar-refractivity contribution in [3.8, 4) is 0 Å². The number of hydrogen-bond acceptors (Lipinski definition) is 5. The number of carboxylic acids is 1. The van der Waals surface area contributed by atoms with Gasteiger partial charge in [-0.15, -0.1) is 0 Å². The van der Waals surface area contributed by atoms with Crippen LogP contribution in [-0.4, -0.2) is 48.1 Å². The molecule has 0 aromatic heterocycles. The predicted molar refractivity (Wildman–Crippen MR) is 76.7 cm³/mol. The van der Waals surface area contributed by atoms with Gasteiger partial charge in [0.2, 0.25) is 0 Å².